The van der Waals surface area contributed by atoms with E-state index in [0.29, 0.717) is 6.42 Å². The van der Waals surface area contributed by atoms with Crippen LogP contribution in [0, 0.1) is 6.92 Å². The smallest absolute Gasteiger partial charge is 0.237 e. The Morgan fingerprint density at radius 1 is 1.56 bits per heavy atom. The average Bonchev–Trinajstić information content (AvgIpc) is 2.72. The highest BCUT2D eigenvalue weighted by molar-refractivity contribution is 8.01. The molecule has 1 unspecified atom stereocenters. The normalized spacial score (nSPS) is 14.4. The summed E-state index contributed by atoms with van der Waals surface area (Å²) in [6.07, 6.45) is 1.66. The van der Waals surface area contributed by atoms with Gasteiger partial charge in [-0.05, 0) is 33.2 Å². The zero-order valence-corrected chi connectivity index (χ0v) is 12.7. The summed E-state index contributed by atoms with van der Waals surface area (Å²) in [5.41, 5.74) is 4.82. The first-order valence-corrected chi connectivity index (χ1v) is 7.76. The summed E-state index contributed by atoms with van der Waals surface area (Å²) < 4.78 is 0.940. The van der Waals surface area contributed by atoms with Crippen molar-refractivity contribution in [3.05, 3.63) is 5.01 Å². The van der Waals surface area contributed by atoms with Crippen LogP contribution in [-0.4, -0.2) is 33.9 Å². The van der Waals surface area contributed by atoms with Crippen molar-refractivity contribution in [1.82, 2.24) is 15.5 Å². The van der Waals surface area contributed by atoms with Crippen molar-refractivity contribution in [2.24, 2.45) is 5.73 Å². The van der Waals surface area contributed by atoms with Gasteiger partial charge < -0.3 is 11.1 Å². The molecule has 18 heavy (non-hydrogen) atoms. The van der Waals surface area contributed by atoms with E-state index in [-0.39, 0.29) is 5.91 Å². The molecule has 1 rings (SSSR count). The van der Waals surface area contributed by atoms with E-state index in [1.165, 1.54) is 0 Å². The van der Waals surface area contributed by atoms with Gasteiger partial charge in [0.15, 0.2) is 4.34 Å². The van der Waals surface area contributed by atoms with Gasteiger partial charge in [0.1, 0.15) is 5.01 Å². The minimum atomic E-state index is -0.636. The molecule has 3 N–H and O–H groups in total. The number of primary amides is 1. The number of thioether (sulfide) groups is 1. The van der Waals surface area contributed by atoms with E-state index in [9.17, 15) is 4.79 Å². The summed E-state index contributed by atoms with van der Waals surface area (Å²) in [7, 11) is 0. The molecule has 0 aliphatic carbocycles. The van der Waals surface area contributed by atoms with Crippen molar-refractivity contribution >= 4 is 29.0 Å². The number of nitrogens with zero attached hydrogens (tertiary/aromatic N) is 2. The summed E-state index contributed by atoms with van der Waals surface area (Å²) in [4.78, 5) is 11.5. The number of aryl methyl sites for hydroxylation is 1. The first kappa shape index (κ1) is 15.4. The lowest BCUT2D eigenvalue weighted by atomic mass is 9.98. The van der Waals surface area contributed by atoms with E-state index in [1.807, 2.05) is 13.8 Å². The Morgan fingerprint density at radius 3 is 2.78 bits per heavy atom. The van der Waals surface area contributed by atoms with Crippen molar-refractivity contribution in [1.29, 1.82) is 0 Å². The van der Waals surface area contributed by atoms with Crippen LogP contribution < -0.4 is 11.1 Å². The molecule has 1 amide bonds. The Kier molecular flexibility index (Phi) is 6.04. The lowest BCUT2D eigenvalue weighted by Gasteiger charge is -2.27. The Balaban J connectivity index is 2.44. The standard InChI is InChI=1S/C11H20N4OS2/c1-4-6-13-11(3,9(12)16)5-7-17-10-15-14-8(2)18-10/h13H,4-7H2,1-3H3,(H2,12,16). The van der Waals surface area contributed by atoms with Crippen molar-refractivity contribution in [2.45, 2.75) is 43.5 Å². The second-order valence-corrected chi connectivity index (χ2v) is 6.83. The summed E-state index contributed by atoms with van der Waals surface area (Å²) in [6, 6.07) is 0. The molecule has 0 aromatic carbocycles. The Bertz CT molecular complexity index is 396. The van der Waals surface area contributed by atoms with Gasteiger partial charge in [-0.2, -0.15) is 0 Å². The minimum Gasteiger partial charge on any atom is -0.368 e. The molecule has 0 aliphatic rings. The second-order valence-electron chi connectivity index (χ2n) is 4.31. The zero-order chi connectivity index (χ0) is 13.6. The first-order valence-electron chi connectivity index (χ1n) is 5.96. The molecule has 102 valence electrons. The Labute approximate surface area is 116 Å². The minimum absolute atomic E-state index is 0.301. The summed E-state index contributed by atoms with van der Waals surface area (Å²) in [6.45, 7) is 6.64. The fourth-order valence-electron chi connectivity index (χ4n) is 1.38. The molecule has 1 aromatic rings. The molecule has 0 fully saturated rings. The fourth-order valence-corrected chi connectivity index (χ4v) is 3.43. The molecule has 0 saturated carbocycles. The summed E-state index contributed by atoms with van der Waals surface area (Å²) >= 11 is 3.18. The first-order chi connectivity index (χ1) is 8.48. The molecule has 5 nitrogen and oxygen atoms in total. The van der Waals surface area contributed by atoms with E-state index in [4.69, 9.17) is 5.73 Å². The number of hydrogen-bond donors (Lipinski definition) is 2. The number of hydrogen-bond acceptors (Lipinski definition) is 6. The van der Waals surface area contributed by atoms with Gasteiger partial charge in [-0.15, -0.1) is 10.2 Å². The van der Waals surface area contributed by atoms with Crippen molar-refractivity contribution in [2.75, 3.05) is 12.3 Å². The molecule has 7 heteroatoms. The van der Waals surface area contributed by atoms with Crippen LogP contribution in [0.4, 0.5) is 0 Å². The number of aromatic nitrogens is 2. The summed E-state index contributed by atoms with van der Waals surface area (Å²) in [5.74, 6) is 0.495. The number of nitrogens with two attached hydrogens (primary N) is 1. The number of carbonyl (C=O) groups is 1. The predicted molar refractivity (Wildman–Crippen MR) is 75.9 cm³/mol. The van der Waals surface area contributed by atoms with E-state index in [1.54, 1.807) is 23.1 Å². The van der Waals surface area contributed by atoms with Crippen LogP contribution in [0.2, 0.25) is 0 Å². The molecule has 0 saturated heterocycles. The molecule has 1 heterocycles. The zero-order valence-electron chi connectivity index (χ0n) is 11.0. The van der Waals surface area contributed by atoms with Crippen LogP contribution in [-0.2, 0) is 4.79 Å². The monoisotopic (exact) mass is 288 g/mol. The third-order valence-corrected chi connectivity index (χ3v) is 4.62. The van der Waals surface area contributed by atoms with Gasteiger partial charge in [0.25, 0.3) is 0 Å². The third-order valence-electron chi connectivity index (χ3n) is 2.64. The highest BCUT2D eigenvalue weighted by Gasteiger charge is 2.29. The lowest BCUT2D eigenvalue weighted by molar-refractivity contribution is -0.123. The van der Waals surface area contributed by atoms with Crippen LogP contribution in [0.3, 0.4) is 0 Å². The molecule has 0 bridgehead atoms. The predicted octanol–water partition coefficient (Wildman–Crippen LogP) is 1.57. The third kappa shape index (κ3) is 4.55. The van der Waals surface area contributed by atoms with Crippen molar-refractivity contribution in [3.8, 4) is 0 Å². The van der Waals surface area contributed by atoms with E-state index < -0.39 is 5.54 Å². The van der Waals surface area contributed by atoms with Gasteiger partial charge in [-0.25, -0.2) is 0 Å². The van der Waals surface area contributed by atoms with Crippen molar-refractivity contribution < 1.29 is 4.79 Å². The molecule has 1 atom stereocenters. The topological polar surface area (TPSA) is 80.9 Å². The van der Waals surface area contributed by atoms with Crippen LogP contribution in [0.5, 0.6) is 0 Å². The molecule has 0 aliphatic heterocycles. The van der Waals surface area contributed by atoms with E-state index >= 15 is 0 Å². The van der Waals surface area contributed by atoms with Gasteiger partial charge in [0.05, 0.1) is 5.54 Å². The maximum absolute atomic E-state index is 11.5. The molecule has 1 aromatic heterocycles. The van der Waals surface area contributed by atoms with Crippen molar-refractivity contribution in [3.63, 3.8) is 0 Å². The van der Waals surface area contributed by atoms with Gasteiger partial charge in [-0.1, -0.05) is 30.0 Å². The fraction of sp³-hybridized carbons (Fsp3) is 0.727. The van der Waals surface area contributed by atoms with Gasteiger partial charge in [0.2, 0.25) is 5.91 Å². The maximum atomic E-state index is 11.5. The maximum Gasteiger partial charge on any atom is 0.237 e. The van der Waals surface area contributed by atoms with Crippen LogP contribution in [0.1, 0.15) is 31.7 Å². The molecule has 0 spiro atoms. The number of carbonyl (C=O) groups excluding carboxylic acids is 1. The van der Waals surface area contributed by atoms with Gasteiger partial charge in [-0.3, -0.25) is 4.79 Å². The Morgan fingerprint density at radius 2 is 2.28 bits per heavy atom. The number of amides is 1. The quantitative estimate of drug-likeness (QED) is 0.710. The number of nitrogens with one attached hydrogen (secondary N) is 1. The highest BCUT2D eigenvalue weighted by atomic mass is 32.2. The average molecular weight is 288 g/mol. The summed E-state index contributed by atoms with van der Waals surface area (Å²) in [5, 5.41) is 12.2. The van der Waals surface area contributed by atoms with E-state index in [2.05, 4.69) is 22.4 Å². The van der Waals surface area contributed by atoms with E-state index in [0.717, 1.165) is 28.1 Å². The van der Waals surface area contributed by atoms with Gasteiger partial charge >= 0.3 is 0 Å². The van der Waals surface area contributed by atoms with Crippen LogP contribution in [0.15, 0.2) is 4.34 Å². The SMILES string of the molecule is CCCNC(C)(CCSc1nnc(C)s1)C(N)=O. The molecular formula is C11H20N4OS2. The Hall–Kier alpha value is -0.660. The van der Waals surface area contributed by atoms with Gasteiger partial charge in [0, 0.05) is 5.75 Å². The van der Waals surface area contributed by atoms with Crippen LogP contribution >= 0.6 is 23.1 Å². The molecular weight excluding hydrogens is 268 g/mol. The highest BCUT2D eigenvalue weighted by Crippen LogP contribution is 2.24. The molecule has 0 radical (unpaired) electrons. The number of rotatable bonds is 8. The second kappa shape index (κ2) is 7.06. The lowest BCUT2D eigenvalue weighted by Crippen LogP contribution is -2.53. The van der Waals surface area contributed by atoms with Crippen LogP contribution in [0.25, 0.3) is 0 Å². The largest absolute Gasteiger partial charge is 0.368 e.